The van der Waals surface area contributed by atoms with Crippen molar-refractivity contribution in [2.24, 2.45) is 4.99 Å². The number of nitrogens with one attached hydrogen (secondary N) is 2. The zero-order valence-corrected chi connectivity index (χ0v) is 23.8. The van der Waals surface area contributed by atoms with Gasteiger partial charge in [-0.2, -0.15) is 0 Å². The van der Waals surface area contributed by atoms with Gasteiger partial charge in [0.25, 0.3) is 0 Å². The van der Waals surface area contributed by atoms with Crippen LogP contribution in [0.2, 0.25) is 0 Å². The normalized spacial score (nSPS) is 15.7. The summed E-state index contributed by atoms with van der Waals surface area (Å²) in [5.41, 5.74) is 3.15. The van der Waals surface area contributed by atoms with Crippen LogP contribution in [0.5, 0.6) is 0 Å². The molecule has 0 aliphatic carbocycles. The van der Waals surface area contributed by atoms with E-state index in [1.165, 1.54) is 44.2 Å². The average Bonchev–Trinajstić information content (AvgIpc) is 3.55. The number of methoxy groups -OCH3 is 2. The minimum Gasteiger partial charge on any atom is -0.465 e. The van der Waals surface area contributed by atoms with Gasteiger partial charge in [-0.1, -0.05) is 48.2 Å². The number of nitrogens with zero attached hydrogens (tertiary/aromatic N) is 2. The molecule has 5 rings (SSSR count). The van der Waals surface area contributed by atoms with Crippen LogP contribution in [0.25, 0.3) is 10.9 Å². The van der Waals surface area contributed by atoms with E-state index in [2.05, 4.69) is 10.3 Å². The molecule has 11 heteroatoms. The van der Waals surface area contributed by atoms with E-state index in [0.717, 1.165) is 16.5 Å². The second-order valence-corrected chi connectivity index (χ2v) is 10.6. The van der Waals surface area contributed by atoms with Gasteiger partial charge in [0.15, 0.2) is 5.17 Å². The molecule has 1 aliphatic heterocycles. The third kappa shape index (κ3) is 6.36. The maximum Gasteiger partial charge on any atom is 0.337 e. The summed E-state index contributed by atoms with van der Waals surface area (Å²) in [5.74, 6) is -2.03. The molecule has 0 saturated carbocycles. The Kier molecular flexibility index (Phi) is 8.68. The smallest absolute Gasteiger partial charge is 0.337 e. The Labute approximate surface area is 246 Å². The second-order valence-electron chi connectivity index (χ2n) is 9.47. The van der Waals surface area contributed by atoms with Crippen molar-refractivity contribution in [3.8, 4) is 0 Å². The lowest BCUT2D eigenvalue weighted by Crippen LogP contribution is -2.35. The van der Waals surface area contributed by atoms with Crippen LogP contribution in [0, 0.1) is 0 Å². The van der Waals surface area contributed by atoms with Gasteiger partial charge in [-0.15, -0.1) is 0 Å². The lowest BCUT2D eigenvalue weighted by Gasteiger charge is -2.16. The van der Waals surface area contributed by atoms with Crippen molar-refractivity contribution >= 4 is 63.0 Å². The standard InChI is InChI=1S/C31H28N4O6S/c1-40-29(38)20-14-21(30(39)41-2)16-23(15-20)33-27(36)17-26-28(37)35(31(42-26)34-22-8-4-3-5-9-22)13-12-19-18-32-25-11-7-6-10-24(19)25/h3-11,14-16,18,26,32H,12-13,17H2,1-2H3,(H,33,36)/t26-/m1/s1. The fourth-order valence-electron chi connectivity index (χ4n) is 4.67. The third-order valence-electron chi connectivity index (χ3n) is 6.71. The number of aromatic nitrogens is 1. The summed E-state index contributed by atoms with van der Waals surface area (Å²) in [6, 6.07) is 21.4. The molecule has 3 aromatic carbocycles. The first-order valence-electron chi connectivity index (χ1n) is 13.1. The van der Waals surface area contributed by atoms with Crippen LogP contribution in [-0.2, 0) is 25.5 Å². The minimum atomic E-state index is -0.709. The highest BCUT2D eigenvalue weighted by Gasteiger charge is 2.39. The number of H-pyrrole nitrogens is 1. The van der Waals surface area contributed by atoms with E-state index in [1.54, 1.807) is 4.90 Å². The van der Waals surface area contributed by atoms with Crippen molar-refractivity contribution in [2.45, 2.75) is 18.1 Å². The van der Waals surface area contributed by atoms with Crippen LogP contribution in [-0.4, -0.2) is 64.8 Å². The van der Waals surface area contributed by atoms with Gasteiger partial charge in [0.2, 0.25) is 11.8 Å². The number of ether oxygens (including phenoxy) is 2. The van der Waals surface area contributed by atoms with Gasteiger partial charge in [-0.05, 0) is 48.4 Å². The molecule has 4 aromatic rings. The first kappa shape index (κ1) is 28.6. The van der Waals surface area contributed by atoms with Crippen LogP contribution in [0.4, 0.5) is 11.4 Å². The zero-order valence-electron chi connectivity index (χ0n) is 23.0. The van der Waals surface area contributed by atoms with Crippen molar-refractivity contribution in [2.75, 3.05) is 26.1 Å². The van der Waals surface area contributed by atoms with E-state index in [0.29, 0.717) is 23.8 Å². The minimum absolute atomic E-state index is 0.0720. The summed E-state index contributed by atoms with van der Waals surface area (Å²) in [5, 5.41) is 3.60. The number of aromatic amines is 1. The number of anilines is 1. The summed E-state index contributed by atoms with van der Waals surface area (Å²) >= 11 is 1.23. The van der Waals surface area contributed by atoms with Gasteiger partial charge in [-0.25, -0.2) is 14.6 Å². The summed E-state index contributed by atoms with van der Waals surface area (Å²) in [6.07, 6.45) is 2.40. The molecule has 1 fully saturated rings. The van der Waals surface area contributed by atoms with E-state index >= 15 is 0 Å². The number of aliphatic imine (C=N–C) groups is 1. The predicted molar refractivity (Wildman–Crippen MR) is 161 cm³/mol. The quantitative estimate of drug-likeness (QED) is 0.267. The fraction of sp³-hybridized carbons (Fsp3) is 0.194. The number of amides is 2. The number of hydrogen-bond acceptors (Lipinski definition) is 8. The molecule has 214 valence electrons. The molecule has 10 nitrogen and oxygen atoms in total. The second kappa shape index (κ2) is 12.7. The number of benzene rings is 3. The van der Waals surface area contributed by atoms with Gasteiger partial charge >= 0.3 is 11.9 Å². The Morgan fingerprint density at radius 3 is 2.31 bits per heavy atom. The van der Waals surface area contributed by atoms with Crippen LogP contribution in [0.3, 0.4) is 0 Å². The monoisotopic (exact) mass is 584 g/mol. The molecule has 2 amide bonds. The predicted octanol–water partition coefficient (Wildman–Crippen LogP) is 4.94. The van der Waals surface area contributed by atoms with Crippen LogP contribution in [0.15, 0.2) is 84.0 Å². The molecule has 0 radical (unpaired) electrons. The summed E-state index contributed by atoms with van der Waals surface area (Å²) in [6.45, 7) is 0.390. The first-order chi connectivity index (χ1) is 20.4. The Morgan fingerprint density at radius 2 is 1.62 bits per heavy atom. The van der Waals surface area contributed by atoms with E-state index < -0.39 is 23.1 Å². The van der Waals surface area contributed by atoms with Crippen molar-refractivity contribution in [3.63, 3.8) is 0 Å². The Balaban J connectivity index is 1.34. The topological polar surface area (TPSA) is 130 Å². The van der Waals surface area contributed by atoms with Gasteiger partial charge in [0.1, 0.15) is 5.25 Å². The molecule has 2 heterocycles. The summed E-state index contributed by atoms with van der Waals surface area (Å²) in [7, 11) is 2.43. The first-order valence-corrected chi connectivity index (χ1v) is 14.0. The number of amidine groups is 1. The Bertz CT molecular complexity index is 1650. The van der Waals surface area contributed by atoms with Crippen LogP contribution >= 0.6 is 11.8 Å². The SMILES string of the molecule is COC(=O)c1cc(NC(=O)C[C@H]2SC(=Nc3ccccc3)N(CCc3c[nH]c4ccccc34)C2=O)cc(C(=O)OC)c1. The molecule has 1 atom stereocenters. The molecular formula is C31H28N4O6S. The van der Waals surface area contributed by atoms with Crippen LogP contribution in [0.1, 0.15) is 32.7 Å². The lowest BCUT2D eigenvalue weighted by atomic mass is 10.1. The van der Waals surface area contributed by atoms with Crippen molar-refractivity contribution in [1.29, 1.82) is 0 Å². The van der Waals surface area contributed by atoms with Crippen molar-refractivity contribution in [3.05, 3.63) is 95.7 Å². The molecule has 0 spiro atoms. The number of thioether (sulfide) groups is 1. The molecule has 2 N–H and O–H groups in total. The van der Waals surface area contributed by atoms with E-state index in [1.807, 2.05) is 60.8 Å². The number of para-hydroxylation sites is 2. The van der Waals surface area contributed by atoms with Crippen molar-refractivity contribution < 1.29 is 28.7 Å². The molecule has 0 bridgehead atoms. The molecule has 42 heavy (non-hydrogen) atoms. The fourth-order valence-corrected chi connectivity index (χ4v) is 5.85. The zero-order chi connectivity index (χ0) is 29.6. The number of fused-ring (bicyclic) bond motifs is 1. The van der Waals surface area contributed by atoms with Gasteiger partial charge in [-0.3, -0.25) is 14.5 Å². The lowest BCUT2D eigenvalue weighted by molar-refractivity contribution is -0.128. The Hall–Kier alpha value is -4.90. The summed E-state index contributed by atoms with van der Waals surface area (Å²) < 4.78 is 9.52. The van der Waals surface area contributed by atoms with Gasteiger partial charge in [0, 0.05) is 35.8 Å². The van der Waals surface area contributed by atoms with E-state index in [4.69, 9.17) is 14.5 Å². The highest BCUT2D eigenvalue weighted by Crippen LogP contribution is 2.32. The number of rotatable bonds is 9. The third-order valence-corrected chi connectivity index (χ3v) is 7.89. The Morgan fingerprint density at radius 1 is 0.952 bits per heavy atom. The molecule has 1 saturated heterocycles. The van der Waals surface area contributed by atoms with E-state index in [9.17, 15) is 19.2 Å². The highest BCUT2D eigenvalue weighted by molar-refractivity contribution is 8.15. The van der Waals surface area contributed by atoms with Gasteiger partial charge < -0.3 is 19.8 Å². The highest BCUT2D eigenvalue weighted by atomic mass is 32.2. The maximum absolute atomic E-state index is 13.6. The number of hydrogen-bond donors (Lipinski definition) is 2. The molecular weight excluding hydrogens is 556 g/mol. The molecule has 1 aliphatic rings. The number of esters is 2. The summed E-state index contributed by atoms with van der Waals surface area (Å²) in [4.78, 5) is 60.6. The number of carbonyl (C=O) groups is 4. The van der Waals surface area contributed by atoms with Crippen LogP contribution < -0.4 is 5.32 Å². The van der Waals surface area contributed by atoms with E-state index in [-0.39, 0.29) is 29.1 Å². The largest absolute Gasteiger partial charge is 0.465 e. The maximum atomic E-state index is 13.6. The number of carbonyl (C=O) groups excluding carboxylic acids is 4. The molecule has 1 aromatic heterocycles. The average molecular weight is 585 g/mol. The molecule has 0 unspecified atom stereocenters. The van der Waals surface area contributed by atoms with Gasteiger partial charge in [0.05, 0.1) is 31.0 Å². The van der Waals surface area contributed by atoms with Crippen molar-refractivity contribution in [1.82, 2.24) is 9.88 Å².